The summed E-state index contributed by atoms with van der Waals surface area (Å²) in [7, 11) is 0. The first-order valence-corrected chi connectivity index (χ1v) is 28.3. The zero-order valence-corrected chi connectivity index (χ0v) is 42.8. The van der Waals surface area contributed by atoms with Crippen LogP contribution in [-0.2, 0) is 14.3 Å². The summed E-state index contributed by atoms with van der Waals surface area (Å²) in [6.45, 7) is 4.86. The van der Waals surface area contributed by atoms with E-state index < -0.39 is 12.1 Å². The molecule has 0 rings (SSSR count). The van der Waals surface area contributed by atoms with Crippen molar-refractivity contribution in [2.24, 2.45) is 0 Å². The van der Waals surface area contributed by atoms with Crippen LogP contribution in [-0.4, -0.2) is 47.4 Å². The Balaban J connectivity index is 3.41. The highest BCUT2D eigenvalue weighted by atomic mass is 16.5. The topological polar surface area (TPSA) is 95.9 Å². The highest BCUT2D eigenvalue weighted by Gasteiger charge is 2.18. The van der Waals surface area contributed by atoms with Crippen molar-refractivity contribution in [3.05, 3.63) is 36.5 Å². The zero-order chi connectivity index (χ0) is 46.5. The molecule has 0 aliphatic rings. The Morgan fingerprint density at radius 1 is 0.438 bits per heavy atom. The van der Waals surface area contributed by atoms with Crippen LogP contribution < -0.4 is 5.32 Å². The smallest absolute Gasteiger partial charge is 0.305 e. The monoisotopic (exact) mass is 900 g/mol. The molecule has 0 aliphatic heterocycles. The third-order valence-electron chi connectivity index (χ3n) is 12.9. The molecule has 0 spiro atoms. The van der Waals surface area contributed by atoms with Crippen molar-refractivity contribution in [2.75, 3.05) is 13.2 Å². The van der Waals surface area contributed by atoms with Crippen molar-refractivity contribution >= 4 is 11.9 Å². The molecule has 1 amide bonds. The molecule has 2 unspecified atom stereocenters. The van der Waals surface area contributed by atoms with Crippen LogP contribution in [0.4, 0.5) is 0 Å². The van der Waals surface area contributed by atoms with Crippen LogP contribution in [0.25, 0.3) is 0 Å². The Hall–Kier alpha value is -1.92. The molecular weight excluding hydrogens is 791 g/mol. The summed E-state index contributed by atoms with van der Waals surface area (Å²) < 4.78 is 5.48. The molecule has 0 aromatic carbocycles. The lowest BCUT2D eigenvalue weighted by atomic mass is 10.0. The van der Waals surface area contributed by atoms with Gasteiger partial charge in [-0.3, -0.25) is 9.59 Å². The maximum atomic E-state index is 12.4. The normalized spacial score (nSPS) is 12.9. The van der Waals surface area contributed by atoms with E-state index in [1.807, 2.05) is 6.08 Å². The maximum absolute atomic E-state index is 12.4. The fraction of sp³-hybridized carbons (Fsp3) is 0.862. The van der Waals surface area contributed by atoms with Crippen molar-refractivity contribution in [3.8, 4) is 0 Å². The predicted octanol–water partition coefficient (Wildman–Crippen LogP) is 17.2. The first-order chi connectivity index (χ1) is 31.5. The lowest BCUT2D eigenvalue weighted by Gasteiger charge is -2.20. The van der Waals surface area contributed by atoms with Crippen molar-refractivity contribution in [3.63, 3.8) is 0 Å². The second kappa shape index (κ2) is 53.7. The van der Waals surface area contributed by atoms with Gasteiger partial charge in [0.2, 0.25) is 5.91 Å². The van der Waals surface area contributed by atoms with E-state index in [-0.39, 0.29) is 18.5 Å². The first-order valence-electron chi connectivity index (χ1n) is 28.3. The van der Waals surface area contributed by atoms with Gasteiger partial charge in [-0.1, -0.05) is 256 Å². The number of allylic oxidation sites excluding steroid dienone is 5. The van der Waals surface area contributed by atoms with Crippen molar-refractivity contribution in [1.82, 2.24) is 5.32 Å². The van der Waals surface area contributed by atoms with Gasteiger partial charge in [-0.05, 0) is 64.2 Å². The van der Waals surface area contributed by atoms with Gasteiger partial charge in [0.25, 0.3) is 0 Å². The Bertz CT molecular complexity index is 1040. The molecule has 0 aliphatic carbocycles. The quantitative estimate of drug-likeness (QED) is 0.0321. The third kappa shape index (κ3) is 49.5. The zero-order valence-electron chi connectivity index (χ0n) is 42.8. The molecule has 2 atom stereocenters. The van der Waals surface area contributed by atoms with Crippen LogP contribution in [0.5, 0.6) is 0 Å². The van der Waals surface area contributed by atoms with Crippen LogP contribution >= 0.6 is 0 Å². The summed E-state index contributed by atoms with van der Waals surface area (Å²) in [5.41, 5.74) is 0. The van der Waals surface area contributed by atoms with E-state index in [1.165, 1.54) is 218 Å². The lowest BCUT2D eigenvalue weighted by molar-refractivity contribution is -0.143. The van der Waals surface area contributed by atoms with Crippen LogP contribution in [0.1, 0.15) is 296 Å². The summed E-state index contributed by atoms with van der Waals surface area (Å²) in [6.07, 6.45) is 65.9. The van der Waals surface area contributed by atoms with Crippen molar-refractivity contribution in [2.45, 2.75) is 309 Å². The molecule has 0 saturated heterocycles. The molecule has 0 fully saturated rings. The second-order valence-corrected chi connectivity index (χ2v) is 19.3. The van der Waals surface area contributed by atoms with E-state index in [1.54, 1.807) is 6.08 Å². The number of esters is 1. The largest absolute Gasteiger partial charge is 0.466 e. The van der Waals surface area contributed by atoms with E-state index in [0.717, 1.165) is 51.4 Å². The number of ether oxygens (including phenoxy) is 1. The van der Waals surface area contributed by atoms with Crippen molar-refractivity contribution in [1.29, 1.82) is 0 Å². The van der Waals surface area contributed by atoms with Crippen LogP contribution in [0.15, 0.2) is 36.5 Å². The van der Waals surface area contributed by atoms with Crippen molar-refractivity contribution < 1.29 is 24.5 Å². The first kappa shape index (κ1) is 62.1. The minimum absolute atomic E-state index is 0.00126. The van der Waals surface area contributed by atoms with Gasteiger partial charge in [0.15, 0.2) is 0 Å². The average Bonchev–Trinajstić information content (AvgIpc) is 3.29. The minimum Gasteiger partial charge on any atom is -0.466 e. The molecule has 0 aromatic heterocycles. The highest BCUT2D eigenvalue weighted by molar-refractivity contribution is 5.76. The van der Waals surface area contributed by atoms with Gasteiger partial charge in [-0.15, -0.1) is 0 Å². The summed E-state index contributed by atoms with van der Waals surface area (Å²) in [5.74, 6) is -0.0749. The lowest BCUT2D eigenvalue weighted by Crippen LogP contribution is -2.45. The molecule has 376 valence electrons. The molecule has 0 heterocycles. The number of rotatable bonds is 52. The summed E-state index contributed by atoms with van der Waals surface area (Å²) in [5, 5.41) is 23.0. The van der Waals surface area contributed by atoms with Gasteiger partial charge in [-0.2, -0.15) is 0 Å². The summed E-state index contributed by atoms with van der Waals surface area (Å²) >= 11 is 0. The summed E-state index contributed by atoms with van der Waals surface area (Å²) in [6, 6.07) is -0.630. The number of carbonyl (C=O) groups is 2. The number of hydrogen-bond donors (Lipinski definition) is 3. The fourth-order valence-corrected chi connectivity index (χ4v) is 8.55. The third-order valence-corrected chi connectivity index (χ3v) is 12.9. The number of hydrogen-bond acceptors (Lipinski definition) is 5. The van der Waals surface area contributed by atoms with E-state index >= 15 is 0 Å². The minimum atomic E-state index is -0.846. The average molecular weight is 901 g/mol. The van der Waals surface area contributed by atoms with E-state index in [9.17, 15) is 19.8 Å². The molecule has 6 nitrogen and oxygen atoms in total. The number of amides is 1. The SMILES string of the molecule is CCCCCC/C=C\C/C=C\CCCCCCCCCC(=O)OCCCCCCCCCCCCCCCCCCCCC(=O)NC(CO)C(O)/C=C/CCCCCCCCCCC. The Morgan fingerprint density at radius 2 is 0.781 bits per heavy atom. The fourth-order valence-electron chi connectivity index (χ4n) is 8.55. The van der Waals surface area contributed by atoms with E-state index in [4.69, 9.17) is 4.74 Å². The van der Waals surface area contributed by atoms with Gasteiger partial charge in [-0.25, -0.2) is 0 Å². The number of aliphatic hydroxyl groups is 2. The number of nitrogens with one attached hydrogen (secondary N) is 1. The number of unbranched alkanes of at least 4 members (excludes halogenated alkanes) is 37. The van der Waals surface area contributed by atoms with E-state index in [2.05, 4.69) is 43.5 Å². The molecule has 64 heavy (non-hydrogen) atoms. The Morgan fingerprint density at radius 3 is 1.20 bits per heavy atom. The van der Waals surface area contributed by atoms with Gasteiger partial charge in [0.05, 0.1) is 25.4 Å². The van der Waals surface area contributed by atoms with Gasteiger partial charge < -0.3 is 20.3 Å². The number of carbonyl (C=O) groups excluding carboxylic acids is 2. The maximum Gasteiger partial charge on any atom is 0.305 e. The molecule has 0 saturated carbocycles. The van der Waals surface area contributed by atoms with Gasteiger partial charge in [0.1, 0.15) is 0 Å². The molecule has 3 N–H and O–H groups in total. The Kier molecular flexibility index (Phi) is 52.1. The predicted molar refractivity (Wildman–Crippen MR) is 278 cm³/mol. The van der Waals surface area contributed by atoms with Crippen LogP contribution in [0, 0.1) is 0 Å². The molecule has 0 aromatic rings. The highest BCUT2D eigenvalue weighted by Crippen LogP contribution is 2.16. The Labute approximate surface area is 398 Å². The van der Waals surface area contributed by atoms with Gasteiger partial charge >= 0.3 is 5.97 Å². The molecule has 6 heteroatoms. The standard InChI is InChI=1S/C58H109NO5/c1-3-5-7-9-11-13-15-16-17-18-22-25-28-32-36-40-44-48-52-58(63)64-53-49-45-41-37-33-29-26-23-20-19-21-24-27-31-35-39-43-47-51-57(62)59-55(54-60)56(61)50-46-42-38-34-30-14-12-10-8-6-4-2/h13,15,17-18,46,50,55-56,60-61H,3-12,14,16,19-45,47-49,51-54H2,1-2H3,(H,59,62)/b15-13-,18-17-,50-46+. The van der Waals surface area contributed by atoms with Crippen LogP contribution in [0.2, 0.25) is 0 Å². The summed E-state index contributed by atoms with van der Waals surface area (Å²) in [4.78, 5) is 24.5. The second-order valence-electron chi connectivity index (χ2n) is 19.3. The molecule has 0 radical (unpaired) electrons. The van der Waals surface area contributed by atoms with Gasteiger partial charge in [0, 0.05) is 12.8 Å². The molecule has 0 bridgehead atoms. The van der Waals surface area contributed by atoms with E-state index in [0.29, 0.717) is 19.4 Å². The number of aliphatic hydroxyl groups excluding tert-OH is 2. The molecular formula is C58H109NO5. The van der Waals surface area contributed by atoms with Crippen LogP contribution in [0.3, 0.4) is 0 Å².